The van der Waals surface area contributed by atoms with Gasteiger partial charge in [0.2, 0.25) is 5.95 Å². The Balaban J connectivity index is 2.25. The van der Waals surface area contributed by atoms with Gasteiger partial charge in [0, 0.05) is 24.6 Å². The Morgan fingerprint density at radius 1 is 1.25 bits per heavy atom. The molecule has 1 aliphatic rings. The molecule has 4 nitrogen and oxygen atoms in total. The zero-order valence-electron chi connectivity index (χ0n) is 10.5. The number of nitrogens with one attached hydrogen (secondary N) is 2. The van der Waals surface area contributed by atoms with Crippen LogP contribution in [0.15, 0.2) is 6.07 Å². The van der Waals surface area contributed by atoms with Crippen molar-refractivity contribution in [3.63, 3.8) is 0 Å². The summed E-state index contributed by atoms with van der Waals surface area (Å²) in [5.41, 5.74) is 1.15. The van der Waals surface area contributed by atoms with Crippen molar-refractivity contribution in [1.82, 2.24) is 9.97 Å². The molecule has 0 bridgehead atoms. The summed E-state index contributed by atoms with van der Waals surface area (Å²) in [5, 5.41) is 6.40. The van der Waals surface area contributed by atoms with Gasteiger partial charge in [0.05, 0.1) is 5.69 Å². The number of rotatable bonds is 3. The van der Waals surface area contributed by atoms with Gasteiger partial charge in [-0.1, -0.05) is 0 Å². The minimum Gasteiger partial charge on any atom is -0.373 e. The van der Waals surface area contributed by atoms with Crippen LogP contribution in [-0.4, -0.2) is 22.6 Å². The van der Waals surface area contributed by atoms with Gasteiger partial charge in [-0.25, -0.2) is 4.98 Å². The average Bonchev–Trinajstić information content (AvgIpc) is 2.97. The topological polar surface area (TPSA) is 49.8 Å². The van der Waals surface area contributed by atoms with Crippen LogP contribution in [0.1, 0.15) is 45.2 Å². The lowest BCUT2D eigenvalue weighted by Crippen LogP contribution is -2.27. The minimum atomic E-state index is -0.00676. The third kappa shape index (κ3) is 2.84. The Morgan fingerprint density at radius 3 is 2.44 bits per heavy atom. The summed E-state index contributed by atoms with van der Waals surface area (Å²) >= 11 is 0. The monoisotopic (exact) mass is 220 g/mol. The molecular formula is C12H20N4. The molecule has 1 heterocycles. The Labute approximate surface area is 96.9 Å². The van der Waals surface area contributed by atoms with E-state index in [1.54, 1.807) is 0 Å². The van der Waals surface area contributed by atoms with Gasteiger partial charge in [-0.2, -0.15) is 4.98 Å². The van der Waals surface area contributed by atoms with Gasteiger partial charge in [-0.15, -0.1) is 0 Å². The van der Waals surface area contributed by atoms with Crippen LogP contribution in [-0.2, 0) is 0 Å². The molecule has 0 atom stereocenters. The lowest BCUT2D eigenvalue weighted by atomic mass is 10.1. The highest BCUT2D eigenvalue weighted by atomic mass is 15.2. The molecule has 1 saturated carbocycles. The van der Waals surface area contributed by atoms with Gasteiger partial charge in [0.15, 0.2) is 0 Å². The van der Waals surface area contributed by atoms with Crippen molar-refractivity contribution in [2.45, 2.75) is 45.1 Å². The summed E-state index contributed by atoms with van der Waals surface area (Å²) in [7, 11) is 1.89. The molecule has 88 valence electrons. The highest BCUT2D eigenvalue weighted by Crippen LogP contribution is 2.39. The van der Waals surface area contributed by atoms with E-state index in [4.69, 9.17) is 0 Å². The van der Waals surface area contributed by atoms with Gasteiger partial charge < -0.3 is 10.6 Å². The van der Waals surface area contributed by atoms with E-state index in [0.717, 1.165) is 17.5 Å². The second-order valence-electron chi connectivity index (χ2n) is 5.40. The van der Waals surface area contributed by atoms with Crippen LogP contribution in [0.4, 0.5) is 11.8 Å². The van der Waals surface area contributed by atoms with Gasteiger partial charge in [0.1, 0.15) is 5.82 Å². The van der Waals surface area contributed by atoms with E-state index in [1.807, 2.05) is 13.1 Å². The highest BCUT2D eigenvalue weighted by Gasteiger charge is 2.26. The van der Waals surface area contributed by atoms with Gasteiger partial charge in [-0.3, -0.25) is 0 Å². The predicted molar refractivity (Wildman–Crippen MR) is 66.9 cm³/mol. The van der Waals surface area contributed by atoms with E-state index < -0.39 is 0 Å². The minimum absolute atomic E-state index is 0.00676. The van der Waals surface area contributed by atoms with E-state index in [9.17, 15) is 0 Å². The molecule has 16 heavy (non-hydrogen) atoms. The summed E-state index contributed by atoms with van der Waals surface area (Å²) < 4.78 is 0. The summed E-state index contributed by atoms with van der Waals surface area (Å²) in [4.78, 5) is 8.98. The number of hydrogen-bond acceptors (Lipinski definition) is 4. The molecule has 0 aromatic carbocycles. The van der Waals surface area contributed by atoms with Crippen LogP contribution < -0.4 is 10.6 Å². The summed E-state index contributed by atoms with van der Waals surface area (Å²) in [6.45, 7) is 6.33. The third-order valence-corrected chi connectivity index (χ3v) is 2.48. The molecule has 1 aliphatic carbocycles. The quantitative estimate of drug-likeness (QED) is 0.822. The fourth-order valence-corrected chi connectivity index (χ4v) is 1.57. The highest BCUT2D eigenvalue weighted by molar-refractivity contribution is 5.44. The maximum atomic E-state index is 4.57. The molecule has 4 heteroatoms. The molecule has 0 amide bonds. The first kappa shape index (κ1) is 11.2. The van der Waals surface area contributed by atoms with E-state index in [-0.39, 0.29) is 5.54 Å². The van der Waals surface area contributed by atoms with E-state index in [1.165, 1.54) is 12.8 Å². The maximum absolute atomic E-state index is 4.57. The van der Waals surface area contributed by atoms with Crippen LogP contribution in [0.25, 0.3) is 0 Å². The van der Waals surface area contributed by atoms with Crippen molar-refractivity contribution in [2.24, 2.45) is 0 Å². The van der Waals surface area contributed by atoms with Gasteiger partial charge >= 0.3 is 0 Å². The Kier molecular flexibility index (Phi) is 2.74. The predicted octanol–water partition coefficient (Wildman–Crippen LogP) is 2.61. The van der Waals surface area contributed by atoms with Crippen molar-refractivity contribution < 1.29 is 0 Å². The summed E-state index contributed by atoms with van der Waals surface area (Å²) in [5.74, 6) is 2.26. The second-order valence-corrected chi connectivity index (χ2v) is 5.40. The lowest BCUT2D eigenvalue weighted by molar-refractivity contribution is 0.625. The molecule has 2 N–H and O–H groups in total. The van der Waals surface area contributed by atoms with Crippen molar-refractivity contribution in [2.75, 3.05) is 17.7 Å². The van der Waals surface area contributed by atoms with Gasteiger partial charge in [-0.05, 0) is 33.6 Å². The molecule has 1 aromatic heterocycles. The van der Waals surface area contributed by atoms with Crippen molar-refractivity contribution >= 4 is 11.8 Å². The van der Waals surface area contributed by atoms with Crippen LogP contribution in [0.5, 0.6) is 0 Å². The first-order valence-corrected chi connectivity index (χ1v) is 5.83. The molecule has 1 aromatic rings. The standard InChI is InChI=1S/C12H20N4/c1-12(2,3)16-11-14-9(8-5-6-8)7-10(13-4)15-11/h7-8H,5-6H2,1-4H3,(H2,13,14,15,16). The first-order chi connectivity index (χ1) is 7.48. The fraction of sp³-hybridized carbons (Fsp3) is 0.667. The number of aromatic nitrogens is 2. The van der Waals surface area contributed by atoms with E-state index >= 15 is 0 Å². The lowest BCUT2D eigenvalue weighted by Gasteiger charge is -2.21. The van der Waals surface area contributed by atoms with E-state index in [2.05, 4.69) is 41.4 Å². The number of hydrogen-bond donors (Lipinski definition) is 2. The zero-order chi connectivity index (χ0) is 11.8. The molecular weight excluding hydrogens is 200 g/mol. The normalized spacial score (nSPS) is 16.0. The largest absolute Gasteiger partial charge is 0.373 e. The second kappa shape index (κ2) is 3.92. The third-order valence-electron chi connectivity index (χ3n) is 2.48. The molecule has 0 unspecified atom stereocenters. The Hall–Kier alpha value is -1.32. The van der Waals surface area contributed by atoms with Crippen LogP contribution in [0, 0.1) is 0 Å². The smallest absolute Gasteiger partial charge is 0.225 e. The number of anilines is 2. The first-order valence-electron chi connectivity index (χ1n) is 5.83. The summed E-state index contributed by atoms with van der Waals surface area (Å²) in [6.07, 6.45) is 2.52. The summed E-state index contributed by atoms with van der Waals surface area (Å²) in [6, 6.07) is 2.05. The average molecular weight is 220 g/mol. The van der Waals surface area contributed by atoms with Crippen LogP contribution in [0.2, 0.25) is 0 Å². The van der Waals surface area contributed by atoms with Crippen molar-refractivity contribution in [1.29, 1.82) is 0 Å². The molecule has 0 spiro atoms. The molecule has 0 radical (unpaired) electrons. The Morgan fingerprint density at radius 2 is 1.94 bits per heavy atom. The van der Waals surface area contributed by atoms with Crippen molar-refractivity contribution in [3.05, 3.63) is 11.8 Å². The van der Waals surface area contributed by atoms with Crippen molar-refractivity contribution in [3.8, 4) is 0 Å². The molecule has 0 saturated heterocycles. The Bertz CT molecular complexity index is 377. The van der Waals surface area contributed by atoms with Crippen LogP contribution in [0.3, 0.4) is 0 Å². The molecule has 0 aliphatic heterocycles. The molecule has 2 rings (SSSR count). The zero-order valence-corrected chi connectivity index (χ0v) is 10.5. The fourth-order valence-electron chi connectivity index (χ4n) is 1.57. The van der Waals surface area contributed by atoms with E-state index in [0.29, 0.717) is 5.92 Å². The molecule has 1 fully saturated rings. The van der Waals surface area contributed by atoms with Crippen LogP contribution >= 0.6 is 0 Å². The maximum Gasteiger partial charge on any atom is 0.225 e. The van der Waals surface area contributed by atoms with Gasteiger partial charge in [0.25, 0.3) is 0 Å². The SMILES string of the molecule is CNc1cc(C2CC2)nc(NC(C)(C)C)n1. The number of nitrogens with zero attached hydrogens (tertiary/aromatic N) is 2.